The molecule has 0 N–H and O–H groups in total. The predicted molar refractivity (Wildman–Crippen MR) is 123 cm³/mol. The van der Waals surface area contributed by atoms with Crippen molar-refractivity contribution in [1.82, 2.24) is 9.88 Å². The Morgan fingerprint density at radius 1 is 1.19 bits per heavy atom. The molecule has 1 unspecified atom stereocenters. The van der Waals surface area contributed by atoms with Gasteiger partial charge in [0.25, 0.3) is 5.91 Å². The maximum Gasteiger partial charge on any atom is 0.257 e. The lowest BCUT2D eigenvalue weighted by Crippen LogP contribution is -2.38. The summed E-state index contributed by atoms with van der Waals surface area (Å²) >= 11 is 7.84. The fourth-order valence-corrected chi connectivity index (χ4v) is 5.60. The molecule has 7 heteroatoms. The van der Waals surface area contributed by atoms with Crippen molar-refractivity contribution in [1.29, 1.82) is 0 Å². The Labute approximate surface area is 190 Å². The maximum absolute atomic E-state index is 13.2. The fourth-order valence-electron chi connectivity index (χ4n) is 4.32. The molecule has 2 aliphatic rings. The van der Waals surface area contributed by atoms with Crippen LogP contribution in [0.1, 0.15) is 47.0 Å². The minimum Gasteiger partial charge on any atom is -0.490 e. The lowest BCUT2D eigenvalue weighted by atomic mass is 9.97. The number of hydrogen-bond acceptors (Lipinski definition) is 5. The van der Waals surface area contributed by atoms with Crippen LogP contribution in [0.2, 0.25) is 5.02 Å². The van der Waals surface area contributed by atoms with Crippen LogP contribution in [0.25, 0.3) is 10.2 Å². The van der Waals surface area contributed by atoms with Gasteiger partial charge < -0.3 is 14.4 Å². The minimum absolute atomic E-state index is 0.0393. The summed E-state index contributed by atoms with van der Waals surface area (Å²) in [5.41, 5.74) is 1.59. The van der Waals surface area contributed by atoms with Gasteiger partial charge in [0.2, 0.25) is 0 Å². The lowest BCUT2D eigenvalue weighted by molar-refractivity contribution is 0.0638. The van der Waals surface area contributed by atoms with Crippen molar-refractivity contribution >= 4 is 39.1 Å². The van der Waals surface area contributed by atoms with E-state index in [9.17, 15) is 4.79 Å². The van der Waals surface area contributed by atoms with Crippen LogP contribution in [0.5, 0.6) is 5.75 Å². The Morgan fingerprint density at radius 3 is 2.84 bits per heavy atom. The molecule has 3 heterocycles. The summed E-state index contributed by atoms with van der Waals surface area (Å²) in [7, 11) is 0. The molecule has 3 aromatic rings. The quantitative estimate of drug-likeness (QED) is 0.506. The van der Waals surface area contributed by atoms with Crippen LogP contribution in [0, 0.1) is 0 Å². The number of fused-ring (bicyclic) bond motifs is 1. The van der Waals surface area contributed by atoms with Crippen LogP contribution < -0.4 is 4.74 Å². The molecule has 5 rings (SSSR count). The smallest absolute Gasteiger partial charge is 0.257 e. The Balaban J connectivity index is 1.23. The van der Waals surface area contributed by atoms with E-state index in [0.717, 1.165) is 60.6 Å². The molecular formula is C24H25ClN2O3S. The highest BCUT2D eigenvalue weighted by atomic mass is 35.5. The number of piperidine rings is 1. The number of para-hydroxylation sites is 1. The molecule has 0 bridgehead atoms. The number of ether oxygens (including phenoxy) is 2. The summed E-state index contributed by atoms with van der Waals surface area (Å²) in [6, 6.07) is 13.4. The average Bonchev–Trinajstić information content (AvgIpc) is 3.47. The number of aromatic nitrogens is 1. The summed E-state index contributed by atoms with van der Waals surface area (Å²) in [4.78, 5) is 20.0. The standard InChI is InChI=1S/C24H25ClN2O3S/c25-17-7-8-22-20(14-17)26-23(31-22)16-9-11-27(12-10-16)24(28)19-5-1-2-6-21(19)30-15-18-4-3-13-29-18/h1-2,5-8,14,16,18H,3-4,9-13,15H2. The molecule has 162 valence electrons. The van der Waals surface area contributed by atoms with E-state index in [4.69, 9.17) is 26.1 Å². The maximum atomic E-state index is 13.2. The Morgan fingerprint density at radius 2 is 2.03 bits per heavy atom. The molecule has 0 spiro atoms. The van der Waals surface area contributed by atoms with Gasteiger partial charge in [-0.15, -0.1) is 11.3 Å². The van der Waals surface area contributed by atoms with Gasteiger partial charge in [-0.05, 0) is 56.0 Å². The first-order valence-electron chi connectivity index (χ1n) is 10.9. The predicted octanol–water partition coefficient (Wildman–Crippen LogP) is 5.53. The van der Waals surface area contributed by atoms with E-state index >= 15 is 0 Å². The van der Waals surface area contributed by atoms with Gasteiger partial charge in [0, 0.05) is 30.6 Å². The van der Waals surface area contributed by atoms with Crippen molar-refractivity contribution in [2.45, 2.75) is 37.7 Å². The molecule has 0 radical (unpaired) electrons. The zero-order valence-electron chi connectivity index (χ0n) is 17.3. The first-order chi connectivity index (χ1) is 15.2. The number of carbonyl (C=O) groups excluding carboxylic acids is 1. The van der Waals surface area contributed by atoms with Crippen LogP contribution in [-0.2, 0) is 4.74 Å². The third-order valence-electron chi connectivity index (χ3n) is 6.06. The number of carbonyl (C=O) groups is 1. The molecule has 1 aromatic heterocycles. The monoisotopic (exact) mass is 456 g/mol. The Bertz CT molecular complexity index is 1070. The molecule has 1 atom stereocenters. The van der Waals surface area contributed by atoms with Crippen molar-refractivity contribution in [2.24, 2.45) is 0 Å². The number of thiazole rings is 1. The van der Waals surface area contributed by atoms with Gasteiger partial charge in [0.05, 0.1) is 26.9 Å². The Hall–Kier alpha value is -2.15. The number of benzene rings is 2. The minimum atomic E-state index is 0.0393. The van der Waals surface area contributed by atoms with Gasteiger partial charge in [-0.3, -0.25) is 4.79 Å². The van der Waals surface area contributed by atoms with Crippen LogP contribution >= 0.6 is 22.9 Å². The van der Waals surface area contributed by atoms with E-state index in [0.29, 0.717) is 28.9 Å². The number of rotatable bonds is 5. The van der Waals surface area contributed by atoms with E-state index in [1.807, 2.05) is 47.4 Å². The zero-order valence-corrected chi connectivity index (χ0v) is 18.8. The van der Waals surface area contributed by atoms with Crippen LogP contribution in [0.4, 0.5) is 0 Å². The van der Waals surface area contributed by atoms with E-state index in [-0.39, 0.29) is 12.0 Å². The van der Waals surface area contributed by atoms with Crippen molar-refractivity contribution in [3.8, 4) is 5.75 Å². The lowest BCUT2D eigenvalue weighted by Gasteiger charge is -2.31. The molecule has 31 heavy (non-hydrogen) atoms. The zero-order chi connectivity index (χ0) is 21.2. The molecule has 0 saturated carbocycles. The van der Waals surface area contributed by atoms with Gasteiger partial charge in [-0.25, -0.2) is 4.98 Å². The highest BCUT2D eigenvalue weighted by Crippen LogP contribution is 2.35. The SMILES string of the molecule is O=C(c1ccccc1OCC1CCCO1)N1CCC(c2nc3cc(Cl)ccc3s2)CC1. The summed E-state index contributed by atoms with van der Waals surface area (Å²) < 4.78 is 12.8. The van der Waals surface area contributed by atoms with E-state index in [2.05, 4.69) is 0 Å². The first kappa shape index (κ1) is 20.7. The van der Waals surface area contributed by atoms with Gasteiger partial charge in [0.1, 0.15) is 12.4 Å². The second-order valence-corrected chi connectivity index (χ2v) is 9.67. The molecule has 2 aromatic carbocycles. The van der Waals surface area contributed by atoms with Crippen molar-refractivity contribution in [2.75, 3.05) is 26.3 Å². The van der Waals surface area contributed by atoms with E-state index in [1.54, 1.807) is 11.3 Å². The second kappa shape index (κ2) is 9.15. The number of halogens is 1. The Kier molecular flexibility index (Phi) is 6.12. The largest absolute Gasteiger partial charge is 0.490 e. The molecule has 2 aliphatic heterocycles. The third-order valence-corrected chi connectivity index (χ3v) is 7.50. The number of nitrogens with zero attached hydrogens (tertiary/aromatic N) is 2. The molecule has 5 nitrogen and oxygen atoms in total. The fraction of sp³-hybridized carbons (Fsp3) is 0.417. The van der Waals surface area contributed by atoms with Gasteiger partial charge in [0.15, 0.2) is 0 Å². The molecule has 0 aliphatic carbocycles. The van der Waals surface area contributed by atoms with Crippen molar-refractivity contribution in [3.63, 3.8) is 0 Å². The van der Waals surface area contributed by atoms with Gasteiger partial charge in [-0.1, -0.05) is 23.7 Å². The average molecular weight is 457 g/mol. The molecule has 2 fully saturated rings. The number of likely N-dealkylation sites (tertiary alicyclic amines) is 1. The summed E-state index contributed by atoms with van der Waals surface area (Å²) in [5, 5.41) is 1.86. The summed E-state index contributed by atoms with van der Waals surface area (Å²) in [5.74, 6) is 1.07. The third kappa shape index (κ3) is 4.56. The molecule has 2 saturated heterocycles. The highest BCUT2D eigenvalue weighted by molar-refractivity contribution is 7.18. The van der Waals surface area contributed by atoms with Crippen molar-refractivity contribution in [3.05, 3.63) is 58.1 Å². The van der Waals surface area contributed by atoms with Crippen LogP contribution in [0.3, 0.4) is 0 Å². The number of hydrogen-bond donors (Lipinski definition) is 0. The first-order valence-corrected chi connectivity index (χ1v) is 12.1. The highest BCUT2D eigenvalue weighted by Gasteiger charge is 2.28. The number of amides is 1. The van der Waals surface area contributed by atoms with Crippen molar-refractivity contribution < 1.29 is 14.3 Å². The second-order valence-electron chi connectivity index (χ2n) is 8.17. The summed E-state index contributed by atoms with van der Waals surface area (Å²) in [6.07, 6.45) is 4.05. The topological polar surface area (TPSA) is 51.7 Å². The summed E-state index contributed by atoms with van der Waals surface area (Å²) in [6.45, 7) is 2.74. The van der Waals surface area contributed by atoms with Crippen LogP contribution in [-0.4, -0.2) is 48.2 Å². The normalized spacial score (nSPS) is 19.8. The molecule has 1 amide bonds. The molecular weight excluding hydrogens is 432 g/mol. The van der Waals surface area contributed by atoms with Gasteiger partial charge in [-0.2, -0.15) is 0 Å². The van der Waals surface area contributed by atoms with Crippen LogP contribution in [0.15, 0.2) is 42.5 Å². The van der Waals surface area contributed by atoms with Gasteiger partial charge >= 0.3 is 0 Å². The van der Waals surface area contributed by atoms with E-state index in [1.165, 1.54) is 0 Å². The van der Waals surface area contributed by atoms with E-state index < -0.39 is 0 Å².